The third-order valence-electron chi connectivity index (χ3n) is 3.76. The van der Waals surface area contributed by atoms with Crippen LogP contribution in [0, 0.1) is 0 Å². The Hall–Kier alpha value is -1.84. The first-order valence-electron chi connectivity index (χ1n) is 7.74. The Bertz CT molecular complexity index is 475. The molecule has 1 aromatic carbocycles. The van der Waals surface area contributed by atoms with Crippen LogP contribution >= 0.6 is 0 Å². The second-order valence-electron chi connectivity index (χ2n) is 5.32. The number of hydrogen-bond donors (Lipinski definition) is 0. The SMILES string of the molecule is CCOc1ccc(C(=O)CCC(=O)N2CCCCC2)cc1. The summed E-state index contributed by atoms with van der Waals surface area (Å²) in [5.41, 5.74) is 0.643. The molecule has 1 aromatic rings. The molecule has 0 aromatic heterocycles. The van der Waals surface area contributed by atoms with Gasteiger partial charge in [-0.25, -0.2) is 0 Å². The van der Waals surface area contributed by atoms with Crippen molar-refractivity contribution in [2.75, 3.05) is 19.7 Å². The molecule has 0 spiro atoms. The second-order valence-corrected chi connectivity index (χ2v) is 5.32. The van der Waals surface area contributed by atoms with Gasteiger partial charge in [-0.15, -0.1) is 0 Å². The van der Waals surface area contributed by atoms with Gasteiger partial charge in [0.05, 0.1) is 6.61 Å². The summed E-state index contributed by atoms with van der Waals surface area (Å²) in [4.78, 5) is 26.0. The van der Waals surface area contributed by atoms with Gasteiger partial charge in [0.25, 0.3) is 0 Å². The maximum absolute atomic E-state index is 12.1. The Morgan fingerprint density at radius 1 is 1.05 bits per heavy atom. The van der Waals surface area contributed by atoms with Crippen LogP contribution < -0.4 is 4.74 Å². The number of ether oxygens (including phenoxy) is 1. The van der Waals surface area contributed by atoms with Crippen molar-refractivity contribution in [1.29, 1.82) is 0 Å². The van der Waals surface area contributed by atoms with Gasteiger partial charge < -0.3 is 9.64 Å². The summed E-state index contributed by atoms with van der Waals surface area (Å²) >= 11 is 0. The fraction of sp³-hybridized carbons (Fsp3) is 0.529. The quantitative estimate of drug-likeness (QED) is 0.756. The van der Waals surface area contributed by atoms with Crippen LogP contribution in [0.2, 0.25) is 0 Å². The van der Waals surface area contributed by atoms with E-state index < -0.39 is 0 Å². The number of hydrogen-bond acceptors (Lipinski definition) is 3. The van der Waals surface area contributed by atoms with E-state index in [1.54, 1.807) is 24.3 Å². The topological polar surface area (TPSA) is 46.6 Å². The van der Waals surface area contributed by atoms with E-state index in [0.29, 0.717) is 18.6 Å². The number of nitrogens with zero attached hydrogens (tertiary/aromatic N) is 1. The van der Waals surface area contributed by atoms with Gasteiger partial charge in [0.1, 0.15) is 5.75 Å². The molecule has 0 unspecified atom stereocenters. The van der Waals surface area contributed by atoms with E-state index in [-0.39, 0.29) is 18.1 Å². The zero-order chi connectivity index (χ0) is 15.1. The lowest BCUT2D eigenvalue weighted by atomic mass is 10.1. The average Bonchev–Trinajstić information content (AvgIpc) is 2.54. The van der Waals surface area contributed by atoms with Crippen molar-refractivity contribution in [3.05, 3.63) is 29.8 Å². The van der Waals surface area contributed by atoms with Crippen molar-refractivity contribution >= 4 is 11.7 Å². The molecule has 0 radical (unpaired) electrons. The van der Waals surface area contributed by atoms with Gasteiger partial charge in [-0.3, -0.25) is 9.59 Å². The summed E-state index contributed by atoms with van der Waals surface area (Å²) in [6.45, 7) is 4.22. The Labute approximate surface area is 126 Å². The van der Waals surface area contributed by atoms with Crippen molar-refractivity contribution in [1.82, 2.24) is 4.90 Å². The minimum absolute atomic E-state index is 0.0170. The minimum atomic E-state index is 0.0170. The number of piperidine rings is 1. The lowest BCUT2D eigenvalue weighted by Crippen LogP contribution is -2.35. The molecule has 1 fully saturated rings. The maximum Gasteiger partial charge on any atom is 0.223 e. The summed E-state index contributed by atoms with van der Waals surface area (Å²) in [6.07, 6.45) is 3.96. The van der Waals surface area contributed by atoms with E-state index >= 15 is 0 Å². The number of ketones is 1. The molecule has 114 valence electrons. The Morgan fingerprint density at radius 3 is 2.33 bits per heavy atom. The molecule has 4 nitrogen and oxygen atoms in total. The van der Waals surface area contributed by atoms with Crippen molar-refractivity contribution < 1.29 is 14.3 Å². The Kier molecular flexibility index (Phi) is 5.78. The molecule has 21 heavy (non-hydrogen) atoms. The molecule has 1 saturated heterocycles. The van der Waals surface area contributed by atoms with Crippen LogP contribution in [-0.2, 0) is 4.79 Å². The highest BCUT2D eigenvalue weighted by Crippen LogP contribution is 2.15. The molecule has 0 N–H and O–H groups in total. The standard InChI is InChI=1S/C17H23NO3/c1-2-21-15-8-6-14(7-9-15)16(19)10-11-17(20)18-12-4-3-5-13-18/h6-9H,2-5,10-13H2,1H3. The first-order valence-corrected chi connectivity index (χ1v) is 7.74. The highest BCUT2D eigenvalue weighted by Gasteiger charge is 2.17. The molecule has 1 amide bonds. The van der Waals surface area contributed by atoms with Crippen molar-refractivity contribution in [2.24, 2.45) is 0 Å². The Morgan fingerprint density at radius 2 is 1.71 bits per heavy atom. The van der Waals surface area contributed by atoms with Crippen LogP contribution in [0.1, 0.15) is 49.4 Å². The lowest BCUT2D eigenvalue weighted by molar-refractivity contribution is -0.132. The lowest BCUT2D eigenvalue weighted by Gasteiger charge is -2.26. The highest BCUT2D eigenvalue weighted by molar-refractivity contribution is 5.98. The van der Waals surface area contributed by atoms with E-state index in [4.69, 9.17) is 4.74 Å². The molecule has 4 heteroatoms. The highest BCUT2D eigenvalue weighted by atomic mass is 16.5. The normalized spacial score (nSPS) is 14.8. The van der Waals surface area contributed by atoms with Crippen LogP contribution in [0.25, 0.3) is 0 Å². The number of carbonyl (C=O) groups excluding carboxylic acids is 2. The number of amides is 1. The van der Waals surface area contributed by atoms with Crippen molar-refractivity contribution in [3.63, 3.8) is 0 Å². The molecule has 1 aliphatic rings. The molecule has 0 saturated carbocycles. The minimum Gasteiger partial charge on any atom is -0.494 e. The first kappa shape index (κ1) is 15.5. The molecule has 0 atom stereocenters. The zero-order valence-corrected chi connectivity index (χ0v) is 12.6. The van der Waals surface area contributed by atoms with E-state index in [1.807, 2.05) is 11.8 Å². The molecular formula is C17H23NO3. The Balaban J connectivity index is 1.82. The largest absolute Gasteiger partial charge is 0.494 e. The second kappa shape index (κ2) is 7.81. The number of rotatable bonds is 6. The van der Waals surface area contributed by atoms with Crippen LogP contribution in [0.3, 0.4) is 0 Å². The predicted octanol–water partition coefficient (Wildman–Crippen LogP) is 3.06. The first-order chi connectivity index (χ1) is 10.2. The zero-order valence-electron chi connectivity index (χ0n) is 12.6. The van der Waals surface area contributed by atoms with Crippen LogP contribution in [-0.4, -0.2) is 36.3 Å². The van der Waals surface area contributed by atoms with Crippen molar-refractivity contribution in [2.45, 2.75) is 39.0 Å². The molecule has 0 bridgehead atoms. The van der Waals surface area contributed by atoms with Crippen molar-refractivity contribution in [3.8, 4) is 5.75 Å². The van der Waals surface area contributed by atoms with E-state index in [0.717, 1.165) is 31.7 Å². The van der Waals surface area contributed by atoms with Gasteiger partial charge in [0.2, 0.25) is 5.91 Å². The molecular weight excluding hydrogens is 266 g/mol. The number of carbonyl (C=O) groups is 2. The van der Waals surface area contributed by atoms with Gasteiger partial charge >= 0.3 is 0 Å². The third-order valence-corrected chi connectivity index (χ3v) is 3.76. The summed E-state index contributed by atoms with van der Waals surface area (Å²) < 4.78 is 5.35. The number of Topliss-reactive ketones (excluding diaryl/α,β-unsaturated/α-hetero) is 1. The number of likely N-dealkylation sites (tertiary alicyclic amines) is 1. The van der Waals surface area contributed by atoms with Gasteiger partial charge in [0, 0.05) is 31.5 Å². The summed E-state index contributed by atoms with van der Waals surface area (Å²) in [7, 11) is 0. The van der Waals surface area contributed by atoms with E-state index in [9.17, 15) is 9.59 Å². The number of benzene rings is 1. The summed E-state index contributed by atoms with van der Waals surface area (Å²) in [6, 6.07) is 7.11. The van der Waals surface area contributed by atoms with E-state index in [1.165, 1.54) is 6.42 Å². The van der Waals surface area contributed by atoms with Gasteiger partial charge in [-0.2, -0.15) is 0 Å². The summed E-state index contributed by atoms with van der Waals surface area (Å²) in [5, 5.41) is 0. The fourth-order valence-electron chi connectivity index (χ4n) is 2.57. The fourth-order valence-corrected chi connectivity index (χ4v) is 2.57. The third kappa shape index (κ3) is 4.59. The molecule has 1 heterocycles. The molecule has 2 rings (SSSR count). The van der Waals surface area contributed by atoms with Crippen LogP contribution in [0.4, 0.5) is 0 Å². The van der Waals surface area contributed by atoms with Gasteiger partial charge in [0.15, 0.2) is 5.78 Å². The van der Waals surface area contributed by atoms with Gasteiger partial charge in [-0.05, 0) is 50.5 Å². The van der Waals surface area contributed by atoms with Crippen LogP contribution in [0.15, 0.2) is 24.3 Å². The van der Waals surface area contributed by atoms with Gasteiger partial charge in [-0.1, -0.05) is 0 Å². The average molecular weight is 289 g/mol. The summed E-state index contributed by atoms with van der Waals surface area (Å²) in [5.74, 6) is 0.885. The predicted molar refractivity (Wildman–Crippen MR) is 81.6 cm³/mol. The monoisotopic (exact) mass is 289 g/mol. The maximum atomic E-state index is 12.1. The molecule has 0 aliphatic carbocycles. The van der Waals surface area contributed by atoms with Crippen LogP contribution in [0.5, 0.6) is 5.75 Å². The smallest absolute Gasteiger partial charge is 0.223 e. The molecule has 1 aliphatic heterocycles. The van der Waals surface area contributed by atoms with E-state index in [2.05, 4.69) is 0 Å².